The molecular formula is C19H19Cl2N7O. The van der Waals surface area contributed by atoms with Crippen LogP contribution in [0.1, 0.15) is 18.4 Å². The Bertz CT molecular complexity index is 1110. The lowest BCUT2D eigenvalue weighted by molar-refractivity contribution is -0.136. The predicted octanol–water partition coefficient (Wildman–Crippen LogP) is 2.46. The van der Waals surface area contributed by atoms with Gasteiger partial charge in [-0.1, -0.05) is 30.1 Å². The Morgan fingerprint density at radius 3 is 2.83 bits per heavy atom. The number of carbonyl (C=O) groups excluding carboxylic acids is 1. The lowest BCUT2D eigenvalue weighted by atomic mass is 10.1. The molecular weight excluding hydrogens is 413 g/mol. The van der Waals surface area contributed by atoms with Crippen LogP contribution in [-0.4, -0.2) is 66.2 Å². The lowest BCUT2D eigenvalue weighted by Gasteiger charge is -2.32. The van der Waals surface area contributed by atoms with Gasteiger partial charge in [0.15, 0.2) is 16.8 Å². The van der Waals surface area contributed by atoms with Crippen molar-refractivity contribution in [1.82, 2.24) is 34.1 Å². The normalized spacial score (nSPS) is 16.4. The zero-order chi connectivity index (χ0) is 20.1. The number of hydrogen-bond acceptors (Lipinski definition) is 5. The van der Waals surface area contributed by atoms with Crippen LogP contribution in [0.25, 0.3) is 17.1 Å². The van der Waals surface area contributed by atoms with Crippen molar-refractivity contribution >= 4 is 29.1 Å². The highest BCUT2D eigenvalue weighted by molar-refractivity contribution is 6.31. The second kappa shape index (κ2) is 7.12. The molecule has 0 radical (unpaired) electrons. The summed E-state index contributed by atoms with van der Waals surface area (Å²) in [6.07, 6.45) is 1.70. The van der Waals surface area contributed by atoms with Crippen LogP contribution in [0.2, 0.25) is 10.2 Å². The summed E-state index contributed by atoms with van der Waals surface area (Å²) in [5, 5.41) is 5.73. The Labute approximate surface area is 177 Å². The summed E-state index contributed by atoms with van der Waals surface area (Å²) in [5.74, 6) is 1.41. The third-order valence-corrected chi connectivity index (χ3v) is 6.02. The number of nitrogens with zero attached hydrogens (tertiary/aromatic N) is 7. The molecule has 29 heavy (non-hydrogen) atoms. The van der Waals surface area contributed by atoms with E-state index < -0.39 is 0 Å². The second-order valence-corrected chi connectivity index (χ2v) is 8.00. The third-order valence-electron chi connectivity index (χ3n) is 5.47. The number of imidazole rings is 1. The molecule has 5 rings (SSSR count). The average Bonchev–Trinajstić information content (AvgIpc) is 3.24. The Morgan fingerprint density at radius 1 is 1.17 bits per heavy atom. The van der Waals surface area contributed by atoms with Gasteiger partial charge in [-0.25, -0.2) is 14.6 Å². The number of rotatable bonds is 3. The van der Waals surface area contributed by atoms with Crippen molar-refractivity contribution in [3.8, 4) is 17.1 Å². The van der Waals surface area contributed by atoms with E-state index in [9.17, 15) is 4.79 Å². The fourth-order valence-corrected chi connectivity index (χ4v) is 4.24. The standard InChI is InChI=1S/C19H19Cl2N7O/c1-2-25-5-6-26(17(29)10-25)9-16-23-19-13-7-12(20)3-4-14(13)27-11-22-18(21)15(27)8-28(19)24-16/h3-4,7,11H,2,5-6,8-10H2,1H3. The van der Waals surface area contributed by atoms with Gasteiger partial charge >= 0.3 is 0 Å². The predicted molar refractivity (Wildman–Crippen MR) is 109 cm³/mol. The number of halogens is 2. The zero-order valence-corrected chi connectivity index (χ0v) is 17.4. The molecule has 4 heterocycles. The number of carbonyl (C=O) groups is 1. The summed E-state index contributed by atoms with van der Waals surface area (Å²) >= 11 is 12.6. The lowest BCUT2D eigenvalue weighted by Crippen LogP contribution is -2.49. The highest BCUT2D eigenvalue weighted by atomic mass is 35.5. The molecule has 0 atom stereocenters. The van der Waals surface area contributed by atoms with Gasteiger partial charge in [0.1, 0.15) is 6.33 Å². The van der Waals surface area contributed by atoms with Crippen molar-refractivity contribution in [2.24, 2.45) is 0 Å². The Hall–Kier alpha value is -2.42. The number of aromatic nitrogens is 5. The van der Waals surface area contributed by atoms with Crippen LogP contribution in [0.3, 0.4) is 0 Å². The topological polar surface area (TPSA) is 72.1 Å². The fourth-order valence-electron chi connectivity index (χ4n) is 3.87. The van der Waals surface area contributed by atoms with Crippen molar-refractivity contribution in [3.63, 3.8) is 0 Å². The minimum atomic E-state index is 0.104. The van der Waals surface area contributed by atoms with Crippen LogP contribution in [0.15, 0.2) is 24.5 Å². The molecule has 2 aromatic heterocycles. The molecule has 2 aliphatic heterocycles. The largest absolute Gasteiger partial charge is 0.333 e. The zero-order valence-electron chi connectivity index (χ0n) is 15.8. The van der Waals surface area contributed by atoms with E-state index in [-0.39, 0.29) is 5.91 Å². The number of benzene rings is 1. The summed E-state index contributed by atoms with van der Waals surface area (Å²) in [6.45, 7) is 5.75. The summed E-state index contributed by atoms with van der Waals surface area (Å²) in [5.41, 5.74) is 2.58. The minimum absolute atomic E-state index is 0.104. The average molecular weight is 432 g/mol. The molecule has 2 aliphatic rings. The fraction of sp³-hybridized carbons (Fsp3) is 0.368. The summed E-state index contributed by atoms with van der Waals surface area (Å²) < 4.78 is 3.75. The molecule has 10 heteroatoms. The Morgan fingerprint density at radius 2 is 2.03 bits per heavy atom. The minimum Gasteiger partial charge on any atom is -0.333 e. The maximum Gasteiger partial charge on any atom is 0.237 e. The van der Waals surface area contributed by atoms with E-state index in [1.165, 1.54) is 0 Å². The highest BCUT2D eigenvalue weighted by Crippen LogP contribution is 2.34. The van der Waals surface area contributed by atoms with Crippen LogP contribution in [0.5, 0.6) is 0 Å². The van der Waals surface area contributed by atoms with Gasteiger partial charge in [0.05, 0.1) is 31.0 Å². The van der Waals surface area contributed by atoms with E-state index in [0.29, 0.717) is 48.0 Å². The summed E-state index contributed by atoms with van der Waals surface area (Å²) in [4.78, 5) is 25.4. The number of amides is 1. The third kappa shape index (κ3) is 3.21. The first-order valence-electron chi connectivity index (χ1n) is 9.49. The first-order chi connectivity index (χ1) is 14.0. The van der Waals surface area contributed by atoms with Crippen LogP contribution in [-0.2, 0) is 17.9 Å². The smallest absolute Gasteiger partial charge is 0.237 e. The number of fused-ring (bicyclic) bond motifs is 5. The van der Waals surface area contributed by atoms with Crippen LogP contribution >= 0.6 is 23.2 Å². The molecule has 8 nitrogen and oxygen atoms in total. The first kappa shape index (κ1) is 18.6. The molecule has 150 valence electrons. The summed E-state index contributed by atoms with van der Waals surface area (Å²) in [6, 6.07) is 5.63. The number of hydrogen-bond donors (Lipinski definition) is 0. The van der Waals surface area contributed by atoms with E-state index in [1.807, 2.05) is 32.3 Å². The molecule has 0 bridgehead atoms. The first-order valence-corrected chi connectivity index (χ1v) is 10.2. The number of likely N-dealkylation sites (N-methyl/N-ethyl adjacent to an activating group) is 1. The monoisotopic (exact) mass is 431 g/mol. The Kier molecular flexibility index (Phi) is 4.57. The van der Waals surface area contributed by atoms with Crippen molar-refractivity contribution in [3.05, 3.63) is 46.2 Å². The van der Waals surface area contributed by atoms with Gasteiger partial charge in [0.25, 0.3) is 0 Å². The maximum atomic E-state index is 12.5. The van der Waals surface area contributed by atoms with Crippen LogP contribution in [0.4, 0.5) is 0 Å². The van der Waals surface area contributed by atoms with E-state index in [2.05, 4.69) is 21.9 Å². The van der Waals surface area contributed by atoms with Gasteiger partial charge in [-0.2, -0.15) is 5.10 Å². The SMILES string of the molecule is CCN1CCN(Cc2nc3n(n2)Cc2c(Cl)ncn2-c2ccc(Cl)cc2-3)C(=O)C1. The van der Waals surface area contributed by atoms with E-state index in [1.54, 1.807) is 6.33 Å². The van der Waals surface area contributed by atoms with Crippen LogP contribution in [0, 0.1) is 0 Å². The van der Waals surface area contributed by atoms with Crippen molar-refractivity contribution in [2.75, 3.05) is 26.2 Å². The van der Waals surface area contributed by atoms with Gasteiger partial charge in [0.2, 0.25) is 5.91 Å². The second-order valence-electron chi connectivity index (χ2n) is 7.21. The van der Waals surface area contributed by atoms with Gasteiger partial charge in [-0.3, -0.25) is 14.3 Å². The van der Waals surface area contributed by atoms with Crippen molar-refractivity contribution in [2.45, 2.75) is 20.0 Å². The molecule has 0 saturated carbocycles. The van der Waals surface area contributed by atoms with Crippen LogP contribution < -0.4 is 0 Å². The molecule has 1 aromatic carbocycles. The quantitative estimate of drug-likeness (QED) is 0.498. The molecule has 0 spiro atoms. The van der Waals surface area contributed by atoms with E-state index in [4.69, 9.17) is 28.2 Å². The van der Waals surface area contributed by atoms with Crippen molar-refractivity contribution < 1.29 is 4.79 Å². The Balaban J connectivity index is 1.52. The van der Waals surface area contributed by atoms with E-state index in [0.717, 1.165) is 30.0 Å². The molecule has 1 amide bonds. The molecule has 0 aliphatic carbocycles. The van der Waals surface area contributed by atoms with Gasteiger partial charge < -0.3 is 4.90 Å². The molecule has 1 fully saturated rings. The maximum absolute atomic E-state index is 12.5. The highest BCUT2D eigenvalue weighted by Gasteiger charge is 2.27. The molecule has 0 N–H and O–H groups in total. The van der Waals surface area contributed by atoms with Crippen molar-refractivity contribution in [1.29, 1.82) is 0 Å². The van der Waals surface area contributed by atoms with Gasteiger partial charge in [-0.15, -0.1) is 0 Å². The summed E-state index contributed by atoms with van der Waals surface area (Å²) in [7, 11) is 0. The van der Waals surface area contributed by atoms with Gasteiger partial charge in [0, 0.05) is 23.7 Å². The molecule has 0 unspecified atom stereocenters. The van der Waals surface area contributed by atoms with Gasteiger partial charge in [-0.05, 0) is 24.7 Å². The number of piperazine rings is 1. The van der Waals surface area contributed by atoms with E-state index >= 15 is 0 Å². The molecule has 3 aromatic rings. The molecule has 1 saturated heterocycles.